The van der Waals surface area contributed by atoms with Crippen LogP contribution in [0.4, 0.5) is 17.1 Å². The first-order chi connectivity index (χ1) is 12.6. The second-order valence-electron chi connectivity index (χ2n) is 6.84. The molecule has 0 amide bonds. The van der Waals surface area contributed by atoms with Crippen molar-refractivity contribution >= 4 is 17.1 Å². The van der Waals surface area contributed by atoms with Crippen LogP contribution in [0.5, 0.6) is 0 Å². The van der Waals surface area contributed by atoms with E-state index in [1.54, 1.807) is 6.07 Å². The van der Waals surface area contributed by atoms with Crippen molar-refractivity contribution in [1.29, 1.82) is 0 Å². The lowest BCUT2D eigenvalue weighted by molar-refractivity contribution is -0.383. The van der Waals surface area contributed by atoms with E-state index in [0.29, 0.717) is 5.56 Å². The number of nitro benzene ring substituents is 1. The molecule has 0 radical (unpaired) electrons. The van der Waals surface area contributed by atoms with E-state index in [9.17, 15) is 10.1 Å². The smallest absolute Gasteiger partial charge is 0.295 e. The number of unbranched alkanes of at least 4 members (excludes halogenated alkanes) is 11. The summed E-state index contributed by atoms with van der Waals surface area (Å²) in [5, 5.41) is 10.9. The molecule has 0 aromatic heterocycles. The summed E-state index contributed by atoms with van der Waals surface area (Å²) in [6.07, 6.45) is 15.2. The molecule has 1 aromatic carbocycles. The molecule has 0 saturated carbocycles. The molecule has 26 heavy (non-hydrogen) atoms. The highest BCUT2D eigenvalue weighted by atomic mass is 16.6. The minimum absolute atomic E-state index is 0.00548. The number of nitrogens with zero attached hydrogens (tertiary/aromatic N) is 1. The largest absolute Gasteiger partial charge is 0.397 e. The molecule has 0 spiro atoms. The van der Waals surface area contributed by atoms with Gasteiger partial charge in [-0.05, 0) is 12.5 Å². The average molecular weight is 360 g/mol. The van der Waals surface area contributed by atoms with E-state index in [4.69, 9.17) is 11.5 Å². The lowest BCUT2D eigenvalue weighted by Gasteiger charge is -2.02. The highest BCUT2D eigenvalue weighted by Crippen LogP contribution is 2.28. The fraction of sp³-hybridized carbons (Fsp3) is 0.619. The summed E-state index contributed by atoms with van der Waals surface area (Å²) in [7, 11) is 0. The van der Waals surface area contributed by atoms with Crippen LogP contribution in [-0.2, 0) is 0 Å². The second kappa shape index (κ2) is 13.0. The molecule has 0 atom stereocenters. The summed E-state index contributed by atoms with van der Waals surface area (Å²) < 4.78 is 0. The molecule has 0 unspecified atom stereocenters. The van der Waals surface area contributed by atoms with Gasteiger partial charge in [-0.25, -0.2) is 0 Å². The number of hydrogen-bond acceptors (Lipinski definition) is 4. The molecule has 0 saturated heterocycles. The van der Waals surface area contributed by atoms with Gasteiger partial charge in [-0.15, -0.1) is 0 Å². The molecule has 0 aliphatic carbocycles. The van der Waals surface area contributed by atoms with Gasteiger partial charge in [0.05, 0.1) is 10.6 Å². The monoisotopic (exact) mass is 359 g/mol. The lowest BCUT2D eigenvalue weighted by Crippen LogP contribution is -2.01. The molecule has 1 aromatic rings. The van der Waals surface area contributed by atoms with Crippen LogP contribution in [0.1, 0.15) is 89.5 Å². The van der Waals surface area contributed by atoms with Gasteiger partial charge >= 0.3 is 0 Å². The topological polar surface area (TPSA) is 95.2 Å². The van der Waals surface area contributed by atoms with E-state index in [0.717, 1.165) is 12.8 Å². The third-order valence-corrected chi connectivity index (χ3v) is 4.52. The van der Waals surface area contributed by atoms with E-state index in [1.807, 2.05) is 0 Å². The normalized spacial score (nSPS) is 10.3. The quantitative estimate of drug-likeness (QED) is 0.162. The number of nitrogen functional groups attached to an aromatic ring is 2. The number of anilines is 2. The summed E-state index contributed by atoms with van der Waals surface area (Å²) in [4.78, 5) is 10.4. The van der Waals surface area contributed by atoms with Gasteiger partial charge in [-0.2, -0.15) is 0 Å². The van der Waals surface area contributed by atoms with Crippen LogP contribution in [0.25, 0.3) is 0 Å². The molecule has 0 bridgehead atoms. The Morgan fingerprint density at radius 2 is 1.46 bits per heavy atom. The van der Waals surface area contributed by atoms with Gasteiger partial charge in [0.2, 0.25) is 0 Å². The number of nitro groups is 1. The lowest BCUT2D eigenvalue weighted by atomic mass is 10.1. The van der Waals surface area contributed by atoms with Gasteiger partial charge in [0.15, 0.2) is 0 Å². The van der Waals surface area contributed by atoms with Gasteiger partial charge in [-0.3, -0.25) is 10.1 Å². The van der Waals surface area contributed by atoms with E-state index >= 15 is 0 Å². The predicted octanol–water partition coefficient (Wildman–Crippen LogP) is 5.81. The molecular formula is C21H33N3O2. The first-order valence-corrected chi connectivity index (χ1v) is 9.88. The molecule has 0 heterocycles. The Balaban J connectivity index is 2.17. The minimum Gasteiger partial charge on any atom is -0.397 e. The maximum atomic E-state index is 10.9. The first-order valence-electron chi connectivity index (χ1n) is 9.88. The fourth-order valence-corrected chi connectivity index (χ4v) is 2.93. The van der Waals surface area contributed by atoms with Crippen LogP contribution in [0.2, 0.25) is 0 Å². The first kappa shape index (κ1) is 21.8. The number of benzene rings is 1. The standard InChI is InChI=1S/C21H33N3O2/c1-2-3-4-5-6-7-8-9-10-11-12-13-14-15-18-16-19(22)21(23)20(17-18)24(25)26/h16-17H,2-13,22-23H2,1H3. The highest BCUT2D eigenvalue weighted by Gasteiger charge is 2.14. The van der Waals surface area contributed by atoms with Crippen LogP contribution in [0.3, 0.4) is 0 Å². The van der Waals surface area contributed by atoms with Crippen molar-refractivity contribution in [3.63, 3.8) is 0 Å². The van der Waals surface area contributed by atoms with Gasteiger partial charge in [0, 0.05) is 18.1 Å². The SMILES string of the molecule is CCCCCCCCCCCCCC#Cc1cc(N)c(N)c([N+](=O)[O-])c1. The summed E-state index contributed by atoms with van der Waals surface area (Å²) >= 11 is 0. The van der Waals surface area contributed by atoms with Crippen molar-refractivity contribution in [3.8, 4) is 11.8 Å². The van der Waals surface area contributed by atoms with Crippen LogP contribution >= 0.6 is 0 Å². The van der Waals surface area contributed by atoms with E-state index in [2.05, 4.69) is 18.8 Å². The summed E-state index contributed by atoms with van der Waals surface area (Å²) in [5.41, 5.74) is 11.9. The predicted molar refractivity (Wildman–Crippen MR) is 110 cm³/mol. The minimum atomic E-state index is -0.527. The molecule has 5 nitrogen and oxygen atoms in total. The maximum Gasteiger partial charge on any atom is 0.295 e. The zero-order valence-electron chi connectivity index (χ0n) is 16.1. The van der Waals surface area contributed by atoms with Gasteiger partial charge in [0.1, 0.15) is 5.69 Å². The number of hydrogen-bond donors (Lipinski definition) is 2. The Bertz CT molecular complexity index is 618. The molecular weight excluding hydrogens is 326 g/mol. The zero-order valence-corrected chi connectivity index (χ0v) is 16.1. The Morgan fingerprint density at radius 1 is 0.923 bits per heavy atom. The Kier molecular flexibility index (Phi) is 10.9. The highest BCUT2D eigenvalue weighted by molar-refractivity contribution is 5.76. The van der Waals surface area contributed by atoms with Crippen LogP contribution in [-0.4, -0.2) is 4.92 Å². The Morgan fingerprint density at radius 3 is 2.00 bits per heavy atom. The van der Waals surface area contributed by atoms with E-state index < -0.39 is 4.92 Å². The van der Waals surface area contributed by atoms with Crippen LogP contribution in [0, 0.1) is 22.0 Å². The molecule has 0 fully saturated rings. The summed E-state index contributed by atoms with van der Waals surface area (Å²) in [6.45, 7) is 2.25. The van der Waals surface area contributed by atoms with Crippen molar-refractivity contribution < 1.29 is 4.92 Å². The van der Waals surface area contributed by atoms with Crippen molar-refractivity contribution in [1.82, 2.24) is 0 Å². The summed E-state index contributed by atoms with van der Waals surface area (Å²) in [5.74, 6) is 6.03. The van der Waals surface area contributed by atoms with E-state index in [-0.39, 0.29) is 17.1 Å². The van der Waals surface area contributed by atoms with Gasteiger partial charge in [0.25, 0.3) is 5.69 Å². The number of nitrogens with two attached hydrogens (primary N) is 2. The fourth-order valence-electron chi connectivity index (χ4n) is 2.93. The van der Waals surface area contributed by atoms with E-state index in [1.165, 1.54) is 70.3 Å². The zero-order chi connectivity index (χ0) is 19.2. The second-order valence-corrected chi connectivity index (χ2v) is 6.84. The average Bonchev–Trinajstić information content (AvgIpc) is 2.61. The van der Waals surface area contributed by atoms with Crippen molar-refractivity contribution in [2.45, 2.75) is 84.0 Å². The number of rotatable bonds is 12. The van der Waals surface area contributed by atoms with Crippen molar-refractivity contribution in [3.05, 3.63) is 27.8 Å². The third-order valence-electron chi connectivity index (χ3n) is 4.52. The van der Waals surface area contributed by atoms with Crippen LogP contribution < -0.4 is 11.5 Å². The summed E-state index contributed by atoms with van der Waals surface area (Å²) in [6, 6.07) is 2.98. The Hall–Kier alpha value is -2.22. The molecule has 4 N–H and O–H groups in total. The molecule has 0 aliphatic rings. The van der Waals surface area contributed by atoms with Crippen LogP contribution in [0.15, 0.2) is 12.1 Å². The maximum absolute atomic E-state index is 10.9. The molecule has 5 heteroatoms. The molecule has 144 valence electrons. The molecule has 0 aliphatic heterocycles. The Labute approximate surface area is 157 Å². The van der Waals surface area contributed by atoms with Gasteiger partial charge in [-0.1, -0.05) is 83.0 Å². The van der Waals surface area contributed by atoms with Crippen molar-refractivity contribution in [2.24, 2.45) is 0 Å². The molecule has 1 rings (SSSR count). The third kappa shape index (κ3) is 8.75. The van der Waals surface area contributed by atoms with Crippen molar-refractivity contribution in [2.75, 3.05) is 11.5 Å². The van der Waals surface area contributed by atoms with Gasteiger partial charge < -0.3 is 11.5 Å².